The maximum atomic E-state index is 4.38. The molecule has 14 heavy (non-hydrogen) atoms. The zero-order valence-corrected chi connectivity index (χ0v) is 9.01. The van der Waals surface area contributed by atoms with Gasteiger partial charge in [0.05, 0.1) is 5.69 Å². The van der Waals surface area contributed by atoms with E-state index in [-0.39, 0.29) is 0 Å². The molecule has 0 spiro atoms. The van der Waals surface area contributed by atoms with E-state index in [1.54, 1.807) is 0 Å². The van der Waals surface area contributed by atoms with E-state index >= 15 is 0 Å². The van der Waals surface area contributed by atoms with Crippen molar-refractivity contribution < 1.29 is 0 Å². The van der Waals surface area contributed by atoms with Crippen molar-refractivity contribution in [3.63, 3.8) is 0 Å². The number of aromatic nitrogens is 1. The van der Waals surface area contributed by atoms with Gasteiger partial charge in [0.1, 0.15) is 0 Å². The standard InChI is InChI=1S/C12H18N2/c1-10-4-5-11(13-8-10)9-14-12(2)6-3-7-12/h4-5,8,14H,3,6-7,9H2,1-2H3. The Hall–Kier alpha value is -0.890. The van der Waals surface area contributed by atoms with E-state index in [1.165, 1.54) is 24.8 Å². The topological polar surface area (TPSA) is 24.9 Å². The van der Waals surface area contributed by atoms with Crippen LogP contribution >= 0.6 is 0 Å². The van der Waals surface area contributed by atoms with Crippen molar-refractivity contribution in [3.05, 3.63) is 29.6 Å². The van der Waals surface area contributed by atoms with Crippen LogP contribution in [0.5, 0.6) is 0 Å². The Balaban J connectivity index is 1.88. The largest absolute Gasteiger partial charge is 0.306 e. The SMILES string of the molecule is Cc1ccc(CNC2(C)CCC2)nc1. The van der Waals surface area contributed by atoms with Gasteiger partial charge in [-0.2, -0.15) is 0 Å². The molecule has 1 N–H and O–H groups in total. The molecule has 1 aliphatic rings. The van der Waals surface area contributed by atoms with E-state index in [4.69, 9.17) is 0 Å². The molecular weight excluding hydrogens is 172 g/mol. The van der Waals surface area contributed by atoms with Gasteiger partial charge in [0.15, 0.2) is 0 Å². The van der Waals surface area contributed by atoms with Gasteiger partial charge in [-0.1, -0.05) is 6.07 Å². The molecule has 0 unspecified atom stereocenters. The molecule has 1 aromatic rings. The number of hydrogen-bond donors (Lipinski definition) is 1. The summed E-state index contributed by atoms with van der Waals surface area (Å²) < 4.78 is 0. The van der Waals surface area contributed by atoms with Crippen molar-refractivity contribution in [2.24, 2.45) is 0 Å². The highest BCUT2D eigenvalue weighted by Gasteiger charge is 2.30. The Morgan fingerprint density at radius 3 is 2.71 bits per heavy atom. The fourth-order valence-corrected chi connectivity index (χ4v) is 1.79. The normalized spacial score (nSPS) is 19.0. The van der Waals surface area contributed by atoms with Crippen molar-refractivity contribution in [2.45, 2.75) is 45.2 Å². The van der Waals surface area contributed by atoms with Gasteiger partial charge in [-0.05, 0) is 44.7 Å². The van der Waals surface area contributed by atoms with E-state index in [0.29, 0.717) is 5.54 Å². The quantitative estimate of drug-likeness (QED) is 0.791. The molecule has 1 aromatic heterocycles. The second-order valence-electron chi connectivity index (χ2n) is 4.59. The molecule has 2 nitrogen and oxygen atoms in total. The third kappa shape index (κ3) is 2.13. The highest BCUT2D eigenvalue weighted by molar-refractivity contribution is 5.12. The van der Waals surface area contributed by atoms with Gasteiger partial charge in [0, 0.05) is 18.3 Å². The van der Waals surface area contributed by atoms with Crippen LogP contribution in [0, 0.1) is 6.92 Å². The van der Waals surface area contributed by atoms with Crippen LogP contribution in [0.1, 0.15) is 37.4 Å². The van der Waals surface area contributed by atoms with Crippen LogP contribution in [0.2, 0.25) is 0 Å². The van der Waals surface area contributed by atoms with Crippen molar-refractivity contribution >= 4 is 0 Å². The van der Waals surface area contributed by atoms with Crippen LogP contribution in [-0.2, 0) is 6.54 Å². The molecule has 2 heteroatoms. The fraction of sp³-hybridized carbons (Fsp3) is 0.583. The van der Waals surface area contributed by atoms with Crippen LogP contribution in [-0.4, -0.2) is 10.5 Å². The van der Waals surface area contributed by atoms with E-state index < -0.39 is 0 Å². The lowest BCUT2D eigenvalue weighted by molar-refractivity contribution is 0.206. The Kier molecular flexibility index (Phi) is 2.55. The Bertz CT molecular complexity index is 299. The zero-order valence-electron chi connectivity index (χ0n) is 9.01. The second kappa shape index (κ2) is 3.70. The van der Waals surface area contributed by atoms with E-state index in [2.05, 4.69) is 36.3 Å². The first-order chi connectivity index (χ1) is 6.68. The molecule has 1 aliphatic carbocycles. The number of pyridine rings is 1. The first-order valence-corrected chi connectivity index (χ1v) is 5.35. The Labute approximate surface area is 85.7 Å². The third-order valence-electron chi connectivity index (χ3n) is 3.13. The van der Waals surface area contributed by atoms with Crippen molar-refractivity contribution in [1.29, 1.82) is 0 Å². The van der Waals surface area contributed by atoms with E-state index in [1.807, 2.05) is 6.20 Å². The summed E-state index contributed by atoms with van der Waals surface area (Å²) in [6.45, 7) is 5.26. The van der Waals surface area contributed by atoms with Crippen molar-refractivity contribution in [3.8, 4) is 0 Å². The second-order valence-corrected chi connectivity index (χ2v) is 4.59. The highest BCUT2D eigenvalue weighted by Crippen LogP contribution is 2.30. The summed E-state index contributed by atoms with van der Waals surface area (Å²) in [6, 6.07) is 4.22. The van der Waals surface area contributed by atoms with Crippen molar-refractivity contribution in [1.82, 2.24) is 10.3 Å². The Morgan fingerprint density at radius 2 is 2.21 bits per heavy atom. The molecule has 0 aromatic carbocycles. The van der Waals surface area contributed by atoms with E-state index in [0.717, 1.165) is 12.2 Å². The van der Waals surface area contributed by atoms with Gasteiger partial charge < -0.3 is 5.32 Å². The minimum Gasteiger partial charge on any atom is -0.306 e. The minimum absolute atomic E-state index is 0.382. The van der Waals surface area contributed by atoms with Crippen LogP contribution in [0.25, 0.3) is 0 Å². The number of nitrogens with zero attached hydrogens (tertiary/aromatic N) is 1. The maximum Gasteiger partial charge on any atom is 0.0542 e. The number of hydrogen-bond acceptors (Lipinski definition) is 2. The summed E-state index contributed by atoms with van der Waals surface area (Å²) in [4.78, 5) is 4.38. The first-order valence-electron chi connectivity index (χ1n) is 5.35. The molecule has 1 saturated carbocycles. The predicted molar refractivity (Wildman–Crippen MR) is 58.1 cm³/mol. The summed E-state index contributed by atoms with van der Waals surface area (Å²) in [5.41, 5.74) is 2.75. The highest BCUT2D eigenvalue weighted by atomic mass is 15.0. The lowest BCUT2D eigenvalue weighted by Crippen LogP contribution is -2.47. The predicted octanol–water partition coefficient (Wildman–Crippen LogP) is 2.42. The molecule has 0 aliphatic heterocycles. The fourth-order valence-electron chi connectivity index (χ4n) is 1.79. The molecule has 0 amide bonds. The maximum absolute atomic E-state index is 4.38. The van der Waals surface area contributed by atoms with Gasteiger partial charge in [-0.3, -0.25) is 4.98 Å². The summed E-state index contributed by atoms with van der Waals surface area (Å²) >= 11 is 0. The van der Waals surface area contributed by atoms with Gasteiger partial charge in [-0.25, -0.2) is 0 Å². The van der Waals surface area contributed by atoms with Crippen molar-refractivity contribution in [2.75, 3.05) is 0 Å². The molecule has 1 fully saturated rings. The first kappa shape index (κ1) is 9.66. The smallest absolute Gasteiger partial charge is 0.0542 e. The molecule has 0 radical (unpaired) electrons. The number of nitrogens with one attached hydrogen (secondary N) is 1. The summed E-state index contributed by atoms with van der Waals surface area (Å²) in [7, 11) is 0. The third-order valence-corrected chi connectivity index (χ3v) is 3.13. The van der Waals surface area contributed by atoms with Crippen LogP contribution in [0.4, 0.5) is 0 Å². The van der Waals surface area contributed by atoms with Crippen LogP contribution in [0.15, 0.2) is 18.3 Å². The molecule has 0 atom stereocenters. The average Bonchev–Trinajstić information content (AvgIpc) is 2.14. The molecule has 2 rings (SSSR count). The van der Waals surface area contributed by atoms with Gasteiger partial charge in [-0.15, -0.1) is 0 Å². The van der Waals surface area contributed by atoms with Crippen LogP contribution in [0.3, 0.4) is 0 Å². The molecular formula is C12H18N2. The number of rotatable bonds is 3. The average molecular weight is 190 g/mol. The molecule has 76 valence electrons. The summed E-state index contributed by atoms with van der Waals surface area (Å²) in [5.74, 6) is 0. The monoisotopic (exact) mass is 190 g/mol. The Morgan fingerprint density at radius 1 is 1.43 bits per heavy atom. The van der Waals surface area contributed by atoms with Gasteiger partial charge in [0.2, 0.25) is 0 Å². The molecule has 1 heterocycles. The van der Waals surface area contributed by atoms with E-state index in [9.17, 15) is 0 Å². The lowest BCUT2D eigenvalue weighted by atomic mass is 9.78. The minimum atomic E-state index is 0.382. The molecule has 0 bridgehead atoms. The summed E-state index contributed by atoms with van der Waals surface area (Å²) in [5, 5.41) is 3.57. The number of aryl methyl sites for hydroxylation is 1. The van der Waals surface area contributed by atoms with Gasteiger partial charge in [0.25, 0.3) is 0 Å². The summed E-state index contributed by atoms with van der Waals surface area (Å²) in [6.07, 6.45) is 5.91. The zero-order chi connectivity index (χ0) is 10.0. The van der Waals surface area contributed by atoms with Crippen LogP contribution < -0.4 is 5.32 Å². The molecule has 0 saturated heterocycles. The lowest BCUT2D eigenvalue weighted by Gasteiger charge is -2.39. The van der Waals surface area contributed by atoms with Gasteiger partial charge >= 0.3 is 0 Å².